The molecule has 0 saturated heterocycles. The van der Waals surface area contributed by atoms with E-state index < -0.39 is 0 Å². The highest BCUT2D eigenvalue weighted by atomic mass is 16.5. The van der Waals surface area contributed by atoms with E-state index in [1.54, 1.807) is 14.2 Å². The fourth-order valence-electron chi connectivity index (χ4n) is 3.19. The first kappa shape index (κ1) is 20.4. The van der Waals surface area contributed by atoms with Gasteiger partial charge in [-0.25, -0.2) is 5.01 Å². The van der Waals surface area contributed by atoms with Gasteiger partial charge in [0.25, 0.3) is 0 Å². The van der Waals surface area contributed by atoms with Crippen LogP contribution < -0.4 is 14.8 Å². The largest absolute Gasteiger partial charge is 0.493 e. The van der Waals surface area contributed by atoms with Crippen LogP contribution in [-0.2, 0) is 16.0 Å². The van der Waals surface area contributed by atoms with Crippen LogP contribution in [0.3, 0.4) is 0 Å². The van der Waals surface area contributed by atoms with E-state index in [1.807, 2.05) is 42.5 Å². The number of carbonyl (C=O) groups is 2. The Labute approximate surface area is 170 Å². The van der Waals surface area contributed by atoms with Crippen LogP contribution in [0.1, 0.15) is 30.9 Å². The molecule has 29 heavy (non-hydrogen) atoms. The first-order chi connectivity index (χ1) is 14.0. The van der Waals surface area contributed by atoms with Crippen LogP contribution >= 0.6 is 0 Å². The molecule has 1 aliphatic heterocycles. The van der Waals surface area contributed by atoms with Crippen molar-refractivity contribution in [1.29, 1.82) is 0 Å². The Kier molecular flexibility index (Phi) is 6.49. The molecule has 1 heterocycles. The summed E-state index contributed by atoms with van der Waals surface area (Å²) in [4.78, 5) is 23.4. The Morgan fingerprint density at radius 2 is 1.79 bits per heavy atom. The lowest BCUT2D eigenvalue weighted by Crippen LogP contribution is -2.33. The molecule has 0 spiro atoms. The Morgan fingerprint density at radius 1 is 1.07 bits per heavy atom. The minimum absolute atomic E-state index is 0.0177. The summed E-state index contributed by atoms with van der Waals surface area (Å²) in [5.41, 5.74) is 3.59. The van der Waals surface area contributed by atoms with Crippen molar-refractivity contribution in [1.82, 2.24) is 5.01 Å². The number of nitrogens with one attached hydrogen (secondary N) is 1. The summed E-state index contributed by atoms with van der Waals surface area (Å²) < 4.78 is 10.6. The van der Waals surface area contributed by atoms with Crippen molar-refractivity contribution in [3.05, 3.63) is 53.6 Å². The number of anilines is 1. The second-order valence-electron chi connectivity index (χ2n) is 6.76. The Balaban J connectivity index is 1.70. The molecule has 0 atom stereocenters. The van der Waals surface area contributed by atoms with Crippen molar-refractivity contribution in [3.63, 3.8) is 0 Å². The Morgan fingerprint density at radius 3 is 2.45 bits per heavy atom. The third-order valence-electron chi connectivity index (χ3n) is 4.71. The standard InChI is InChI=1S/C22H25N3O4/c1-15(26)23-18-7-4-16(5-8-18)12-13-25-22(27)11-9-19(24-25)17-6-10-20(28-2)21(14-17)29-3/h4-8,10,14H,9,11-13H2,1-3H3,(H,23,26). The van der Waals surface area contributed by atoms with Crippen molar-refractivity contribution in [3.8, 4) is 11.5 Å². The molecule has 0 unspecified atom stereocenters. The van der Waals surface area contributed by atoms with Gasteiger partial charge in [-0.2, -0.15) is 5.10 Å². The third-order valence-corrected chi connectivity index (χ3v) is 4.71. The molecule has 0 bridgehead atoms. The molecule has 7 heteroatoms. The number of rotatable bonds is 7. The van der Waals surface area contributed by atoms with Gasteiger partial charge in [0.1, 0.15) is 0 Å². The Hall–Kier alpha value is -3.35. The molecule has 3 rings (SSSR count). The summed E-state index contributed by atoms with van der Waals surface area (Å²) in [6.45, 7) is 1.97. The molecule has 2 amide bonds. The molecule has 1 N–H and O–H groups in total. The summed E-state index contributed by atoms with van der Waals surface area (Å²) >= 11 is 0. The number of hydrogen-bond acceptors (Lipinski definition) is 5. The van der Waals surface area contributed by atoms with Crippen LogP contribution in [0, 0.1) is 0 Å². The van der Waals surface area contributed by atoms with Gasteiger partial charge in [-0.1, -0.05) is 12.1 Å². The van der Waals surface area contributed by atoms with Crippen LogP contribution in [0.2, 0.25) is 0 Å². The molecule has 7 nitrogen and oxygen atoms in total. The van der Waals surface area contributed by atoms with Crippen molar-refractivity contribution in [2.75, 3.05) is 26.1 Å². The molecule has 0 aromatic heterocycles. The average Bonchev–Trinajstić information content (AvgIpc) is 2.73. The highest BCUT2D eigenvalue weighted by molar-refractivity contribution is 6.04. The number of hydrazone groups is 1. The average molecular weight is 395 g/mol. The number of methoxy groups -OCH3 is 2. The van der Waals surface area contributed by atoms with Crippen LogP contribution in [-0.4, -0.2) is 43.3 Å². The number of benzene rings is 2. The minimum Gasteiger partial charge on any atom is -0.493 e. The highest BCUT2D eigenvalue weighted by Crippen LogP contribution is 2.29. The van der Waals surface area contributed by atoms with Crippen LogP contribution in [0.15, 0.2) is 47.6 Å². The fraction of sp³-hybridized carbons (Fsp3) is 0.318. The lowest BCUT2D eigenvalue weighted by molar-refractivity contribution is -0.131. The molecule has 0 saturated carbocycles. The molecule has 2 aromatic carbocycles. The number of nitrogens with zero attached hydrogens (tertiary/aromatic N) is 2. The van der Waals surface area contributed by atoms with E-state index in [-0.39, 0.29) is 11.8 Å². The van der Waals surface area contributed by atoms with E-state index >= 15 is 0 Å². The third kappa shape index (κ3) is 5.13. The smallest absolute Gasteiger partial charge is 0.243 e. The van der Waals surface area contributed by atoms with E-state index in [0.29, 0.717) is 37.3 Å². The minimum atomic E-state index is -0.103. The molecular formula is C22H25N3O4. The number of hydrogen-bond donors (Lipinski definition) is 1. The summed E-state index contributed by atoms with van der Waals surface area (Å²) in [5.74, 6) is 1.21. The van der Waals surface area contributed by atoms with Crippen LogP contribution in [0.25, 0.3) is 0 Å². The fourth-order valence-corrected chi connectivity index (χ4v) is 3.19. The van der Waals surface area contributed by atoms with E-state index in [9.17, 15) is 9.59 Å². The second-order valence-corrected chi connectivity index (χ2v) is 6.76. The van der Waals surface area contributed by atoms with Crippen LogP contribution in [0.5, 0.6) is 11.5 Å². The summed E-state index contributed by atoms with van der Waals surface area (Å²) in [5, 5.41) is 8.86. The predicted octanol–water partition coefficient (Wildman–Crippen LogP) is 3.23. The number of amides is 2. The van der Waals surface area contributed by atoms with Crippen molar-refractivity contribution in [2.24, 2.45) is 5.10 Å². The molecule has 1 aliphatic rings. The van der Waals surface area contributed by atoms with Gasteiger partial charge in [0.2, 0.25) is 11.8 Å². The summed E-state index contributed by atoms with van der Waals surface area (Å²) in [7, 11) is 3.19. The van der Waals surface area contributed by atoms with Gasteiger partial charge in [0, 0.05) is 37.6 Å². The van der Waals surface area contributed by atoms with Gasteiger partial charge in [-0.15, -0.1) is 0 Å². The van der Waals surface area contributed by atoms with Gasteiger partial charge in [-0.05, 0) is 42.3 Å². The molecule has 152 valence electrons. The van der Waals surface area contributed by atoms with Crippen molar-refractivity contribution < 1.29 is 19.1 Å². The zero-order valence-corrected chi connectivity index (χ0v) is 16.9. The lowest BCUT2D eigenvalue weighted by Gasteiger charge is -2.24. The molecular weight excluding hydrogens is 370 g/mol. The van der Waals surface area contributed by atoms with Gasteiger partial charge >= 0.3 is 0 Å². The quantitative estimate of drug-likeness (QED) is 0.781. The Bertz CT molecular complexity index is 922. The first-order valence-corrected chi connectivity index (χ1v) is 9.47. The highest BCUT2D eigenvalue weighted by Gasteiger charge is 2.22. The van der Waals surface area contributed by atoms with Crippen molar-refractivity contribution in [2.45, 2.75) is 26.2 Å². The lowest BCUT2D eigenvalue weighted by atomic mass is 10.0. The summed E-state index contributed by atoms with van der Waals surface area (Å²) in [6, 6.07) is 13.2. The SMILES string of the molecule is COc1ccc(C2=NN(CCc3ccc(NC(C)=O)cc3)C(=O)CC2)cc1OC. The maximum Gasteiger partial charge on any atom is 0.243 e. The van der Waals surface area contributed by atoms with Gasteiger partial charge in [0.15, 0.2) is 11.5 Å². The topological polar surface area (TPSA) is 80.2 Å². The van der Waals surface area contributed by atoms with Crippen molar-refractivity contribution >= 4 is 23.2 Å². The monoisotopic (exact) mass is 395 g/mol. The molecule has 0 aliphatic carbocycles. The maximum absolute atomic E-state index is 12.3. The number of carbonyl (C=O) groups excluding carboxylic acids is 2. The second kappa shape index (κ2) is 9.23. The maximum atomic E-state index is 12.3. The molecule has 0 radical (unpaired) electrons. The zero-order chi connectivity index (χ0) is 20.8. The van der Waals surface area contributed by atoms with Crippen LogP contribution in [0.4, 0.5) is 5.69 Å². The van der Waals surface area contributed by atoms with E-state index in [0.717, 1.165) is 22.5 Å². The molecule has 0 fully saturated rings. The van der Waals surface area contributed by atoms with E-state index in [1.165, 1.54) is 11.9 Å². The van der Waals surface area contributed by atoms with Gasteiger partial charge < -0.3 is 14.8 Å². The normalized spacial score (nSPS) is 13.7. The molecule has 2 aromatic rings. The van der Waals surface area contributed by atoms with E-state index in [4.69, 9.17) is 9.47 Å². The predicted molar refractivity (Wildman–Crippen MR) is 111 cm³/mol. The number of ether oxygens (including phenoxy) is 2. The summed E-state index contributed by atoms with van der Waals surface area (Å²) in [6.07, 6.45) is 1.69. The van der Waals surface area contributed by atoms with E-state index in [2.05, 4.69) is 10.4 Å². The first-order valence-electron chi connectivity index (χ1n) is 9.47. The zero-order valence-electron chi connectivity index (χ0n) is 16.9. The van der Waals surface area contributed by atoms with Gasteiger partial charge in [0.05, 0.1) is 19.9 Å². The van der Waals surface area contributed by atoms with Gasteiger partial charge in [-0.3, -0.25) is 9.59 Å².